The number of aryl methyl sites for hydroxylation is 1. The molecule has 1 aromatic rings. The SMILES string of the molecule is CCCNC(c1ccc(C)nc1)C1CCCS1. The van der Waals surface area contributed by atoms with Gasteiger partial charge in [-0.05, 0) is 50.1 Å². The molecule has 0 aromatic carbocycles. The third-order valence-electron chi connectivity index (χ3n) is 3.24. The Kier molecular flexibility index (Phi) is 4.86. The van der Waals surface area contributed by atoms with Gasteiger partial charge in [0.15, 0.2) is 0 Å². The van der Waals surface area contributed by atoms with Gasteiger partial charge in [0, 0.05) is 23.2 Å². The maximum atomic E-state index is 4.43. The van der Waals surface area contributed by atoms with Gasteiger partial charge in [-0.15, -0.1) is 0 Å². The van der Waals surface area contributed by atoms with Crippen molar-refractivity contribution in [1.29, 1.82) is 0 Å². The van der Waals surface area contributed by atoms with Crippen molar-refractivity contribution < 1.29 is 0 Å². The summed E-state index contributed by atoms with van der Waals surface area (Å²) >= 11 is 2.11. The summed E-state index contributed by atoms with van der Waals surface area (Å²) in [6.45, 7) is 5.36. The van der Waals surface area contributed by atoms with Gasteiger partial charge in [-0.3, -0.25) is 4.98 Å². The molecule has 1 aromatic heterocycles. The fourth-order valence-corrected chi connectivity index (χ4v) is 3.71. The lowest BCUT2D eigenvalue weighted by Crippen LogP contribution is -2.29. The Hall–Kier alpha value is -0.540. The van der Waals surface area contributed by atoms with E-state index in [0.29, 0.717) is 6.04 Å². The molecule has 0 radical (unpaired) electrons. The largest absolute Gasteiger partial charge is 0.309 e. The molecule has 17 heavy (non-hydrogen) atoms. The molecular weight excluding hydrogens is 228 g/mol. The number of thioether (sulfide) groups is 1. The molecule has 2 unspecified atom stereocenters. The molecule has 1 saturated heterocycles. The molecule has 3 heteroatoms. The predicted molar refractivity (Wildman–Crippen MR) is 75.5 cm³/mol. The van der Waals surface area contributed by atoms with Crippen LogP contribution in [0.5, 0.6) is 0 Å². The van der Waals surface area contributed by atoms with Gasteiger partial charge < -0.3 is 5.32 Å². The fourth-order valence-electron chi connectivity index (χ4n) is 2.29. The van der Waals surface area contributed by atoms with E-state index < -0.39 is 0 Å². The van der Waals surface area contributed by atoms with Crippen LogP contribution in [-0.4, -0.2) is 22.5 Å². The van der Waals surface area contributed by atoms with Crippen LogP contribution in [0.15, 0.2) is 18.3 Å². The molecular formula is C14H22N2S. The Labute approximate surface area is 109 Å². The summed E-state index contributed by atoms with van der Waals surface area (Å²) in [7, 11) is 0. The molecule has 0 saturated carbocycles. The monoisotopic (exact) mass is 250 g/mol. The molecule has 0 aliphatic carbocycles. The van der Waals surface area contributed by atoms with Gasteiger partial charge in [0.05, 0.1) is 0 Å². The first-order chi connectivity index (χ1) is 8.31. The highest BCUT2D eigenvalue weighted by Gasteiger charge is 2.26. The molecule has 2 rings (SSSR count). The topological polar surface area (TPSA) is 24.9 Å². The average Bonchev–Trinajstić information content (AvgIpc) is 2.85. The zero-order valence-corrected chi connectivity index (χ0v) is 11.6. The first kappa shape index (κ1) is 12.9. The molecule has 1 fully saturated rings. The van der Waals surface area contributed by atoms with Crippen LogP contribution in [0.4, 0.5) is 0 Å². The van der Waals surface area contributed by atoms with Crippen molar-refractivity contribution in [3.05, 3.63) is 29.6 Å². The van der Waals surface area contributed by atoms with Crippen LogP contribution in [0.2, 0.25) is 0 Å². The molecule has 1 N–H and O–H groups in total. The molecule has 1 aliphatic heterocycles. The van der Waals surface area contributed by atoms with Crippen LogP contribution >= 0.6 is 11.8 Å². The second kappa shape index (κ2) is 6.41. The summed E-state index contributed by atoms with van der Waals surface area (Å²) in [4.78, 5) is 4.43. The Morgan fingerprint density at radius 1 is 1.53 bits per heavy atom. The number of nitrogens with zero attached hydrogens (tertiary/aromatic N) is 1. The Balaban J connectivity index is 2.10. The first-order valence-electron chi connectivity index (χ1n) is 6.59. The zero-order chi connectivity index (χ0) is 12.1. The van der Waals surface area contributed by atoms with E-state index in [4.69, 9.17) is 0 Å². The highest BCUT2D eigenvalue weighted by atomic mass is 32.2. The summed E-state index contributed by atoms with van der Waals surface area (Å²) in [5.74, 6) is 1.31. The standard InChI is InChI=1S/C14H22N2S/c1-3-8-15-14(13-5-4-9-17-13)12-7-6-11(2)16-10-12/h6-7,10,13-15H,3-5,8-9H2,1-2H3. The highest BCUT2D eigenvalue weighted by molar-refractivity contribution is 8.00. The number of pyridine rings is 1. The maximum Gasteiger partial charge on any atom is 0.0455 e. The van der Waals surface area contributed by atoms with Gasteiger partial charge >= 0.3 is 0 Å². The van der Waals surface area contributed by atoms with E-state index in [9.17, 15) is 0 Å². The van der Waals surface area contributed by atoms with E-state index in [1.165, 1.54) is 30.6 Å². The molecule has 94 valence electrons. The summed E-state index contributed by atoms with van der Waals surface area (Å²) in [5, 5.41) is 4.41. The summed E-state index contributed by atoms with van der Waals surface area (Å²) in [6.07, 6.45) is 5.92. The summed E-state index contributed by atoms with van der Waals surface area (Å²) in [6, 6.07) is 4.83. The maximum absolute atomic E-state index is 4.43. The number of rotatable bonds is 5. The Bertz CT molecular complexity index is 331. The van der Waals surface area contributed by atoms with Crippen molar-refractivity contribution in [3.63, 3.8) is 0 Å². The van der Waals surface area contributed by atoms with Gasteiger partial charge in [-0.25, -0.2) is 0 Å². The minimum absolute atomic E-state index is 0.482. The number of hydrogen-bond donors (Lipinski definition) is 1. The molecule has 2 nitrogen and oxygen atoms in total. The first-order valence-corrected chi connectivity index (χ1v) is 7.63. The Morgan fingerprint density at radius 2 is 2.41 bits per heavy atom. The Morgan fingerprint density at radius 3 is 3.00 bits per heavy atom. The molecule has 0 amide bonds. The number of nitrogens with one attached hydrogen (secondary N) is 1. The van der Waals surface area contributed by atoms with Crippen LogP contribution in [-0.2, 0) is 0 Å². The quantitative estimate of drug-likeness (QED) is 0.867. The van der Waals surface area contributed by atoms with Crippen LogP contribution in [0.1, 0.15) is 43.5 Å². The van der Waals surface area contributed by atoms with Crippen molar-refractivity contribution in [2.45, 2.75) is 44.4 Å². The van der Waals surface area contributed by atoms with Crippen molar-refractivity contribution in [3.8, 4) is 0 Å². The van der Waals surface area contributed by atoms with E-state index >= 15 is 0 Å². The molecule has 0 spiro atoms. The third kappa shape index (κ3) is 3.46. The third-order valence-corrected chi connectivity index (χ3v) is 4.70. The molecule has 0 bridgehead atoms. The molecule has 1 aliphatic rings. The highest BCUT2D eigenvalue weighted by Crippen LogP contribution is 2.35. The lowest BCUT2D eigenvalue weighted by atomic mass is 10.0. The van der Waals surface area contributed by atoms with Gasteiger partial charge in [0.25, 0.3) is 0 Å². The van der Waals surface area contributed by atoms with E-state index in [-0.39, 0.29) is 0 Å². The number of aromatic nitrogens is 1. The van der Waals surface area contributed by atoms with Crippen molar-refractivity contribution in [2.24, 2.45) is 0 Å². The minimum atomic E-state index is 0.482. The second-order valence-electron chi connectivity index (χ2n) is 4.72. The molecule has 2 atom stereocenters. The van der Waals surface area contributed by atoms with Gasteiger partial charge in [-0.1, -0.05) is 13.0 Å². The summed E-state index contributed by atoms with van der Waals surface area (Å²) in [5.41, 5.74) is 2.45. The fraction of sp³-hybridized carbons (Fsp3) is 0.643. The predicted octanol–water partition coefficient (Wildman–Crippen LogP) is 3.33. The van der Waals surface area contributed by atoms with Gasteiger partial charge in [0.2, 0.25) is 0 Å². The van der Waals surface area contributed by atoms with Crippen LogP contribution in [0.3, 0.4) is 0 Å². The van der Waals surface area contributed by atoms with E-state index in [1.807, 2.05) is 13.1 Å². The van der Waals surface area contributed by atoms with Crippen molar-refractivity contribution in [2.75, 3.05) is 12.3 Å². The number of hydrogen-bond acceptors (Lipinski definition) is 3. The lowest BCUT2D eigenvalue weighted by molar-refractivity contribution is 0.502. The van der Waals surface area contributed by atoms with Gasteiger partial charge in [-0.2, -0.15) is 11.8 Å². The summed E-state index contributed by atoms with van der Waals surface area (Å²) < 4.78 is 0. The second-order valence-corrected chi connectivity index (χ2v) is 6.06. The van der Waals surface area contributed by atoms with Crippen molar-refractivity contribution in [1.82, 2.24) is 10.3 Å². The normalized spacial score (nSPS) is 21.6. The zero-order valence-electron chi connectivity index (χ0n) is 10.8. The van der Waals surface area contributed by atoms with Crippen LogP contribution in [0, 0.1) is 6.92 Å². The van der Waals surface area contributed by atoms with Crippen LogP contribution in [0.25, 0.3) is 0 Å². The smallest absolute Gasteiger partial charge is 0.0455 e. The van der Waals surface area contributed by atoms with E-state index in [1.54, 1.807) is 0 Å². The van der Waals surface area contributed by atoms with E-state index in [0.717, 1.165) is 17.5 Å². The average molecular weight is 250 g/mol. The van der Waals surface area contributed by atoms with E-state index in [2.05, 4.69) is 41.1 Å². The molecule has 2 heterocycles. The minimum Gasteiger partial charge on any atom is -0.309 e. The van der Waals surface area contributed by atoms with Crippen molar-refractivity contribution >= 4 is 11.8 Å². The van der Waals surface area contributed by atoms with Gasteiger partial charge in [0.1, 0.15) is 0 Å². The lowest BCUT2D eigenvalue weighted by Gasteiger charge is -2.24. The van der Waals surface area contributed by atoms with Crippen LogP contribution < -0.4 is 5.32 Å².